The number of benzene rings is 2. The molecular weight excluding hydrogens is 303 g/mol. The molecule has 0 aromatic heterocycles. The number of piperidine rings is 1. The molecule has 1 saturated heterocycles. The molecule has 3 rings (SSSR count). The number of hydrogen-bond acceptors (Lipinski definition) is 3. The largest absolute Gasteiger partial charge is 0.494 e. The van der Waals surface area contributed by atoms with Gasteiger partial charge < -0.3 is 10.1 Å². The Hall–Kier alpha value is -2.07. The number of nitrogens with zero attached hydrogens (tertiary/aromatic N) is 1. The predicted octanol–water partition coefficient (Wildman–Crippen LogP) is 4.30. The Kier molecular flexibility index (Phi) is 5.70. The maximum atomic E-state index is 13.0. The van der Waals surface area contributed by atoms with Gasteiger partial charge in [-0.2, -0.15) is 0 Å². The van der Waals surface area contributed by atoms with E-state index in [0.29, 0.717) is 12.6 Å². The zero-order valence-electron chi connectivity index (χ0n) is 14.2. The predicted molar refractivity (Wildman–Crippen MR) is 95.9 cm³/mol. The monoisotopic (exact) mass is 328 g/mol. The second-order valence-corrected chi connectivity index (χ2v) is 6.24. The first kappa shape index (κ1) is 16.8. The Balaban J connectivity index is 1.51. The number of ether oxygens (including phenoxy) is 1. The third-order valence-corrected chi connectivity index (χ3v) is 4.47. The van der Waals surface area contributed by atoms with E-state index in [1.807, 2.05) is 19.1 Å². The fourth-order valence-corrected chi connectivity index (χ4v) is 3.19. The summed E-state index contributed by atoms with van der Waals surface area (Å²) in [6, 6.07) is 15.3. The smallest absolute Gasteiger partial charge is 0.123 e. The first-order valence-electron chi connectivity index (χ1n) is 8.70. The lowest BCUT2D eigenvalue weighted by Gasteiger charge is -2.33. The minimum atomic E-state index is -0.191. The molecule has 0 aliphatic carbocycles. The molecule has 0 spiro atoms. The molecule has 0 unspecified atom stereocenters. The molecule has 0 bridgehead atoms. The lowest BCUT2D eigenvalue weighted by Crippen LogP contribution is -2.38. The zero-order chi connectivity index (χ0) is 16.8. The molecule has 1 fully saturated rings. The van der Waals surface area contributed by atoms with E-state index in [1.54, 1.807) is 12.1 Å². The number of hydrogen-bond donors (Lipinski definition) is 1. The lowest BCUT2D eigenvalue weighted by molar-refractivity contribution is 0.207. The summed E-state index contributed by atoms with van der Waals surface area (Å²) < 4.78 is 18.7. The van der Waals surface area contributed by atoms with Crippen molar-refractivity contribution >= 4 is 5.69 Å². The van der Waals surface area contributed by atoms with E-state index in [4.69, 9.17) is 4.74 Å². The van der Waals surface area contributed by atoms with Crippen LogP contribution >= 0.6 is 0 Å². The third kappa shape index (κ3) is 4.48. The molecule has 1 heterocycles. The molecule has 4 heteroatoms. The van der Waals surface area contributed by atoms with Gasteiger partial charge in [0.15, 0.2) is 0 Å². The van der Waals surface area contributed by atoms with E-state index in [-0.39, 0.29) is 5.82 Å². The highest BCUT2D eigenvalue weighted by molar-refractivity contribution is 5.43. The maximum absolute atomic E-state index is 13.0. The van der Waals surface area contributed by atoms with Crippen molar-refractivity contribution in [2.75, 3.05) is 25.0 Å². The Bertz CT molecular complexity index is 636. The Morgan fingerprint density at radius 2 is 1.79 bits per heavy atom. The minimum Gasteiger partial charge on any atom is -0.494 e. The SMILES string of the molecule is CCOc1ccccc1CN1CCC(Nc2ccc(F)cc2)CC1. The number of para-hydroxylation sites is 1. The van der Waals surface area contributed by atoms with Gasteiger partial charge in [-0.3, -0.25) is 4.90 Å². The topological polar surface area (TPSA) is 24.5 Å². The van der Waals surface area contributed by atoms with Crippen LogP contribution in [0.15, 0.2) is 48.5 Å². The average Bonchev–Trinajstić information content (AvgIpc) is 2.61. The molecule has 0 amide bonds. The summed E-state index contributed by atoms with van der Waals surface area (Å²) in [6.07, 6.45) is 2.18. The Morgan fingerprint density at radius 3 is 2.50 bits per heavy atom. The van der Waals surface area contributed by atoms with Gasteiger partial charge >= 0.3 is 0 Å². The number of likely N-dealkylation sites (tertiary alicyclic amines) is 1. The van der Waals surface area contributed by atoms with Crippen molar-refractivity contribution in [1.29, 1.82) is 0 Å². The van der Waals surface area contributed by atoms with Crippen LogP contribution in [-0.2, 0) is 6.54 Å². The molecule has 0 atom stereocenters. The molecule has 0 saturated carbocycles. The second kappa shape index (κ2) is 8.15. The van der Waals surface area contributed by atoms with Crippen LogP contribution in [0.4, 0.5) is 10.1 Å². The van der Waals surface area contributed by atoms with Gasteiger partial charge in [0.1, 0.15) is 11.6 Å². The molecule has 1 aliphatic rings. The third-order valence-electron chi connectivity index (χ3n) is 4.47. The Morgan fingerprint density at radius 1 is 1.08 bits per heavy atom. The van der Waals surface area contributed by atoms with Crippen LogP contribution in [0.5, 0.6) is 5.75 Å². The first-order chi connectivity index (χ1) is 11.7. The standard InChI is InChI=1S/C20H25FN2O/c1-2-24-20-6-4-3-5-16(20)15-23-13-11-19(12-14-23)22-18-9-7-17(21)8-10-18/h3-10,19,22H,2,11-15H2,1H3. The van der Waals surface area contributed by atoms with E-state index in [9.17, 15) is 4.39 Å². The molecule has 24 heavy (non-hydrogen) atoms. The fourth-order valence-electron chi connectivity index (χ4n) is 3.19. The van der Waals surface area contributed by atoms with Gasteiger partial charge in [-0.25, -0.2) is 4.39 Å². The summed E-state index contributed by atoms with van der Waals surface area (Å²) in [5, 5.41) is 3.51. The quantitative estimate of drug-likeness (QED) is 0.855. The first-order valence-corrected chi connectivity index (χ1v) is 8.70. The van der Waals surface area contributed by atoms with Gasteiger partial charge in [-0.15, -0.1) is 0 Å². The van der Waals surface area contributed by atoms with E-state index >= 15 is 0 Å². The lowest BCUT2D eigenvalue weighted by atomic mass is 10.0. The molecular formula is C20H25FN2O. The minimum absolute atomic E-state index is 0.191. The van der Waals surface area contributed by atoms with E-state index in [0.717, 1.165) is 43.9 Å². The van der Waals surface area contributed by atoms with Crippen molar-refractivity contribution < 1.29 is 9.13 Å². The molecule has 1 aliphatic heterocycles. The Labute approximate surface area is 143 Å². The normalized spacial score (nSPS) is 16.1. The molecule has 2 aromatic rings. The van der Waals surface area contributed by atoms with Crippen molar-refractivity contribution in [2.24, 2.45) is 0 Å². The second-order valence-electron chi connectivity index (χ2n) is 6.24. The zero-order valence-corrected chi connectivity index (χ0v) is 14.2. The summed E-state index contributed by atoms with van der Waals surface area (Å²) in [7, 11) is 0. The molecule has 3 nitrogen and oxygen atoms in total. The fraction of sp³-hybridized carbons (Fsp3) is 0.400. The van der Waals surface area contributed by atoms with Gasteiger partial charge in [0, 0.05) is 36.9 Å². The van der Waals surface area contributed by atoms with Crippen LogP contribution in [0.3, 0.4) is 0 Å². The molecule has 0 radical (unpaired) electrons. The summed E-state index contributed by atoms with van der Waals surface area (Å²) in [4.78, 5) is 2.47. The van der Waals surface area contributed by atoms with Crippen LogP contribution in [0.25, 0.3) is 0 Å². The summed E-state index contributed by atoms with van der Waals surface area (Å²) in [6.45, 7) is 5.75. The van der Waals surface area contributed by atoms with E-state index in [2.05, 4.69) is 22.3 Å². The number of rotatable bonds is 6. The van der Waals surface area contributed by atoms with Crippen LogP contribution in [0.1, 0.15) is 25.3 Å². The number of anilines is 1. The molecule has 1 N–H and O–H groups in total. The summed E-state index contributed by atoms with van der Waals surface area (Å²) in [5.41, 5.74) is 2.25. The maximum Gasteiger partial charge on any atom is 0.123 e. The number of nitrogens with one attached hydrogen (secondary N) is 1. The molecule has 128 valence electrons. The van der Waals surface area contributed by atoms with Crippen molar-refractivity contribution in [2.45, 2.75) is 32.4 Å². The van der Waals surface area contributed by atoms with Gasteiger partial charge in [0.05, 0.1) is 6.61 Å². The van der Waals surface area contributed by atoms with Crippen molar-refractivity contribution in [3.63, 3.8) is 0 Å². The van der Waals surface area contributed by atoms with Gasteiger partial charge in [-0.1, -0.05) is 18.2 Å². The van der Waals surface area contributed by atoms with Crippen molar-refractivity contribution in [3.05, 3.63) is 59.9 Å². The van der Waals surface area contributed by atoms with Crippen molar-refractivity contribution in [1.82, 2.24) is 4.90 Å². The molecule has 2 aromatic carbocycles. The van der Waals surface area contributed by atoms with Crippen LogP contribution in [-0.4, -0.2) is 30.6 Å². The van der Waals surface area contributed by atoms with E-state index in [1.165, 1.54) is 17.7 Å². The van der Waals surface area contributed by atoms with Gasteiger partial charge in [0.25, 0.3) is 0 Å². The van der Waals surface area contributed by atoms with Gasteiger partial charge in [0.2, 0.25) is 0 Å². The van der Waals surface area contributed by atoms with E-state index < -0.39 is 0 Å². The van der Waals surface area contributed by atoms with Crippen LogP contribution in [0.2, 0.25) is 0 Å². The van der Waals surface area contributed by atoms with Crippen molar-refractivity contribution in [3.8, 4) is 5.75 Å². The summed E-state index contributed by atoms with van der Waals surface area (Å²) in [5.74, 6) is 0.801. The number of halogens is 1. The highest BCUT2D eigenvalue weighted by atomic mass is 19.1. The highest BCUT2D eigenvalue weighted by Gasteiger charge is 2.20. The average molecular weight is 328 g/mol. The van der Waals surface area contributed by atoms with Crippen LogP contribution in [0, 0.1) is 5.82 Å². The van der Waals surface area contributed by atoms with Gasteiger partial charge in [-0.05, 0) is 50.1 Å². The summed E-state index contributed by atoms with van der Waals surface area (Å²) >= 11 is 0. The highest BCUT2D eigenvalue weighted by Crippen LogP contribution is 2.23. The van der Waals surface area contributed by atoms with Crippen LogP contribution < -0.4 is 10.1 Å².